The third kappa shape index (κ3) is 6.61. The molecule has 2 aliphatic rings. The minimum atomic E-state index is -0.0804. The molecule has 11 heteroatoms. The Morgan fingerprint density at radius 2 is 2.13 bits per heavy atom. The van der Waals surface area contributed by atoms with Gasteiger partial charge in [-0.2, -0.15) is 11.8 Å². The van der Waals surface area contributed by atoms with Gasteiger partial charge in [0.1, 0.15) is 0 Å². The highest BCUT2D eigenvalue weighted by atomic mass is 32.2. The molecule has 0 aliphatic carbocycles. The molecule has 4 N–H and O–H groups in total. The Bertz CT molecular complexity index is 754. The van der Waals surface area contributed by atoms with Gasteiger partial charge in [0.25, 0.3) is 0 Å². The molecule has 0 radical (unpaired) electrons. The zero-order valence-electron chi connectivity index (χ0n) is 17.5. The van der Waals surface area contributed by atoms with Gasteiger partial charge in [-0.1, -0.05) is 5.21 Å². The van der Waals surface area contributed by atoms with Crippen LogP contribution in [0.3, 0.4) is 0 Å². The van der Waals surface area contributed by atoms with Crippen molar-refractivity contribution in [3.8, 4) is 0 Å². The van der Waals surface area contributed by atoms with Gasteiger partial charge in [0.05, 0.1) is 24.3 Å². The van der Waals surface area contributed by atoms with Crippen molar-refractivity contribution in [3.05, 3.63) is 11.9 Å². The second-order valence-electron chi connectivity index (χ2n) is 8.06. The van der Waals surface area contributed by atoms with Crippen molar-refractivity contribution in [2.24, 2.45) is 0 Å². The molecule has 10 nitrogen and oxygen atoms in total. The van der Waals surface area contributed by atoms with Crippen molar-refractivity contribution in [1.29, 1.82) is 0 Å². The number of hydrogen-bond acceptors (Lipinski definition) is 6. The number of rotatable bonds is 11. The fraction of sp³-hybridized carbons (Fsp3) is 0.737. The molecule has 4 amide bonds. The maximum Gasteiger partial charge on any atom is 0.315 e. The highest BCUT2D eigenvalue weighted by Gasteiger charge is 2.42. The second kappa shape index (κ2) is 10.6. The van der Waals surface area contributed by atoms with Gasteiger partial charge >= 0.3 is 6.03 Å². The van der Waals surface area contributed by atoms with E-state index in [4.69, 9.17) is 0 Å². The number of carbonyl (C=O) groups excluding carboxylic acids is 3. The average Bonchev–Trinajstić information content (AvgIpc) is 3.36. The van der Waals surface area contributed by atoms with Crippen molar-refractivity contribution in [3.63, 3.8) is 0 Å². The van der Waals surface area contributed by atoms with Gasteiger partial charge in [-0.05, 0) is 26.7 Å². The molecule has 30 heavy (non-hydrogen) atoms. The Morgan fingerprint density at radius 1 is 1.30 bits per heavy atom. The minimum absolute atomic E-state index is 0.00455. The van der Waals surface area contributed by atoms with Crippen LogP contribution >= 0.6 is 11.8 Å². The molecule has 3 atom stereocenters. The number of aromatic nitrogens is 3. The maximum atomic E-state index is 12.1. The van der Waals surface area contributed by atoms with Crippen LogP contribution < -0.4 is 21.3 Å². The van der Waals surface area contributed by atoms with Crippen LogP contribution in [-0.2, 0) is 22.6 Å². The lowest BCUT2D eigenvalue weighted by molar-refractivity contribution is -0.122. The van der Waals surface area contributed by atoms with E-state index < -0.39 is 0 Å². The molecule has 0 bridgehead atoms. The van der Waals surface area contributed by atoms with Gasteiger partial charge in [-0.3, -0.25) is 14.3 Å². The number of thioether (sulfide) groups is 1. The molecule has 166 valence electrons. The van der Waals surface area contributed by atoms with Crippen molar-refractivity contribution in [2.45, 2.75) is 75.9 Å². The minimum Gasteiger partial charge on any atom is -0.354 e. The number of urea groups is 1. The van der Waals surface area contributed by atoms with E-state index in [1.807, 2.05) is 31.8 Å². The molecular formula is C19H31N7O3S. The fourth-order valence-corrected chi connectivity index (χ4v) is 5.25. The topological polar surface area (TPSA) is 130 Å². The summed E-state index contributed by atoms with van der Waals surface area (Å²) in [4.78, 5) is 35.2. The molecule has 0 aromatic carbocycles. The molecule has 1 aromatic heterocycles. The first-order valence-electron chi connectivity index (χ1n) is 10.5. The molecule has 3 heterocycles. The molecule has 0 saturated carbocycles. The zero-order chi connectivity index (χ0) is 21.5. The first-order valence-corrected chi connectivity index (χ1v) is 11.6. The lowest BCUT2D eigenvalue weighted by atomic mass is 10.0. The van der Waals surface area contributed by atoms with E-state index in [9.17, 15) is 14.4 Å². The highest BCUT2D eigenvalue weighted by molar-refractivity contribution is 8.00. The fourth-order valence-electron chi connectivity index (χ4n) is 3.70. The maximum absolute atomic E-state index is 12.1. The van der Waals surface area contributed by atoms with Gasteiger partial charge in [-0.15, -0.1) is 5.10 Å². The number of amides is 4. The quantitative estimate of drug-likeness (QED) is 0.366. The lowest BCUT2D eigenvalue weighted by Gasteiger charge is -2.16. The van der Waals surface area contributed by atoms with E-state index in [2.05, 4.69) is 31.6 Å². The van der Waals surface area contributed by atoms with Crippen molar-refractivity contribution in [2.75, 3.05) is 12.3 Å². The Hall–Kier alpha value is -2.30. The van der Waals surface area contributed by atoms with Crippen LogP contribution in [0.15, 0.2) is 6.20 Å². The Kier molecular flexibility index (Phi) is 7.94. The first-order chi connectivity index (χ1) is 14.4. The van der Waals surface area contributed by atoms with Crippen molar-refractivity contribution < 1.29 is 14.4 Å². The standard InChI is InChI=1S/C19H31N7O3S/c1-12(2)21-17(28)7-6-13-10-26(25-24-13)9-8-20-16(27)5-3-4-15-18-14(11-30-15)22-19(29)23-18/h10,12,14-15,18H,3-9,11H2,1-2H3,(H,20,27)(H,21,28)(H2,22,23,29). The average molecular weight is 438 g/mol. The van der Waals surface area contributed by atoms with E-state index in [0.717, 1.165) is 24.3 Å². The van der Waals surface area contributed by atoms with Gasteiger partial charge in [0, 0.05) is 49.0 Å². The summed E-state index contributed by atoms with van der Waals surface area (Å²) in [6.07, 6.45) is 4.93. The molecule has 3 unspecified atom stereocenters. The largest absolute Gasteiger partial charge is 0.354 e. The van der Waals surface area contributed by atoms with Crippen LogP contribution in [0.1, 0.15) is 45.2 Å². The number of fused-ring (bicyclic) bond motifs is 1. The molecular weight excluding hydrogens is 406 g/mol. The third-order valence-electron chi connectivity index (χ3n) is 5.14. The SMILES string of the molecule is CC(C)NC(=O)CCc1cn(CCNC(=O)CCCC2SCC3NC(=O)NC32)nn1. The van der Waals surface area contributed by atoms with Crippen LogP contribution in [0.5, 0.6) is 0 Å². The van der Waals surface area contributed by atoms with Crippen LogP contribution in [0.25, 0.3) is 0 Å². The summed E-state index contributed by atoms with van der Waals surface area (Å²) in [6, 6.07) is 0.455. The zero-order valence-corrected chi connectivity index (χ0v) is 18.3. The highest BCUT2D eigenvalue weighted by Crippen LogP contribution is 2.32. The predicted octanol–water partition coefficient (Wildman–Crippen LogP) is 0.187. The van der Waals surface area contributed by atoms with E-state index in [-0.39, 0.29) is 36.0 Å². The molecule has 2 saturated heterocycles. The Labute approximate surface area is 180 Å². The predicted molar refractivity (Wildman–Crippen MR) is 114 cm³/mol. The second-order valence-corrected chi connectivity index (χ2v) is 9.33. The normalized spacial score (nSPS) is 22.5. The lowest BCUT2D eigenvalue weighted by Crippen LogP contribution is -2.37. The summed E-state index contributed by atoms with van der Waals surface area (Å²) < 4.78 is 1.68. The van der Waals surface area contributed by atoms with Crippen LogP contribution in [0.2, 0.25) is 0 Å². The Morgan fingerprint density at radius 3 is 2.93 bits per heavy atom. The van der Waals surface area contributed by atoms with Crippen LogP contribution in [0, 0.1) is 0 Å². The number of nitrogens with one attached hydrogen (secondary N) is 4. The smallest absolute Gasteiger partial charge is 0.315 e. The van der Waals surface area contributed by atoms with Gasteiger partial charge in [0.2, 0.25) is 11.8 Å². The molecule has 0 spiro atoms. The summed E-state index contributed by atoms with van der Waals surface area (Å²) in [6.45, 7) is 4.88. The van der Waals surface area contributed by atoms with Crippen LogP contribution in [-0.4, -0.2) is 68.5 Å². The number of nitrogens with zero attached hydrogens (tertiary/aromatic N) is 3. The molecule has 3 rings (SSSR count). The van der Waals surface area contributed by atoms with Crippen LogP contribution in [0.4, 0.5) is 4.79 Å². The van der Waals surface area contributed by atoms with E-state index in [1.54, 1.807) is 4.68 Å². The summed E-state index contributed by atoms with van der Waals surface area (Å²) in [7, 11) is 0. The van der Waals surface area contributed by atoms with Gasteiger partial charge in [-0.25, -0.2) is 4.79 Å². The summed E-state index contributed by atoms with van der Waals surface area (Å²) in [5.41, 5.74) is 0.765. The molecule has 1 aromatic rings. The van der Waals surface area contributed by atoms with E-state index >= 15 is 0 Å². The monoisotopic (exact) mass is 437 g/mol. The summed E-state index contributed by atoms with van der Waals surface area (Å²) in [5, 5.41) is 20.2. The first kappa shape index (κ1) is 22.4. The van der Waals surface area contributed by atoms with Gasteiger partial charge in [0.15, 0.2) is 0 Å². The number of aryl methyl sites for hydroxylation is 1. The molecule has 2 fully saturated rings. The van der Waals surface area contributed by atoms with Crippen molar-refractivity contribution >= 4 is 29.6 Å². The number of hydrogen-bond donors (Lipinski definition) is 4. The molecule has 2 aliphatic heterocycles. The Balaban J connectivity index is 1.26. The van der Waals surface area contributed by atoms with Crippen molar-refractivity contribution in [1.82, 2.24) is 36.3 Å². The third-order valence-corrected chi connectivity index (χ3v) is 6.65. The summed E-state index contributed by atoms with van der Waals surface area (Å²) in [5.74, 6) is 0.960. The summed E-state index contributed by atoms with van der Waals surface area (Å²) >= 11 is 1.86. The van der Waals surface area contributed by atoms with E-state index in [1.165, 1.54) is 0 Å². The number of carbonyl (C=O) groups is 3. The van der Waals surface area contributed by atoms with E-state index in [0.29, 0.717) is 37.6 Å². The van der Waals surface area contributed by atoms with Gasteiger partial charge < -0.3 is 21.3 Å².